The summed E-state index contributed by atoms with van der Waals surface area (Å²) < 4.78 is 11.0. The molecule has 0 bridgehead atoms. The maximum absolute atomic E-state index is 5.48. The Morgan fingerprint density at radius 3 is 1.32 bits per heavy atom. The molecule has 2 nitrogen and oxygen atoms in total. The van der Waals surface area contributed by atoms with Crippen LogP contribution >= 0.6 is 0 Å². The molecule has 3 unspecified atom stereocenters. The minimum Gasteiger partial charge on any atom is -0.353 e. The van der Waals surface area contributed by atoms with Gasteiger partial charge in [-0.05, 0) is 30.6 Å². The zero-order valence-corrected chi connectivity index (χ0v) is 18.7. The van der Waals surface area contributed by atoms with E-state index in [-0.39, 0.29) is 0 Å². The number of hydrogen-bond acceptors (Lipinski definition) is 2. The van der Waals surface area contributed by atoms with Gasteiger partial charge in [0.15, 0.2) is 5.79 Å². The van der Waals surface area contributed by atoms with E-state index >= 15 is 0 Å². The highest BCUT2D eigenvalue weighted by atomic mass is 16.7. The van der Waals surface area contributed by atoms with Gasteiger partial charge in [-0.3, -0.25) is 0 Å². The Morgan fingerprint density at radius 2 is 0.960 bits per heavy atom. The van der Waals surface area contributed by atoms with Crippen LogP contribution in [-0.2, 0) is 9.47 Å². The normalized spacial score (nSPS) is 16.2. The summed E-state index contributed by atoms with van der Waals surface area (Å²) in [5.74, 6) is 2.87. The molecule has 0 rings (SSSR count). The maximum Gasteiger partial charge on any atom is 0.165 e. The summed E-state index contributed by atoms with van der Waals surface area (Å²) in [6.07, 6.45) is 13.4. The summed E-state index contributed by atoms with van der Waals surface area (Å²) in [6, 6.07) is 0. The summed E-state index contributed by atoms with van der Waals surface area (Å²) in [4.78, 5) is 0. The first-order valence-corrected chi connectivity index (χ1v) is 10.8. The van der Waals surface area contributed by atoms with E-state index in [9.17, 15) is 0 Å². The van der Waals surface area contributed by atoms with E-state index in [0.717, 1.165) is 24.2 Å². The molecule has 0 fully saturated rings. The van der Waals surface area contributed by atoms with Crippen LogP contribution in [0.3, 0.4) is 0 Å². The first-order chi connectivity index (χ1) is 11.7. The van der Waals surface area contributed by atoms with Gasteiger partial charge in [0, 0.05) is 20.6 Å². The van der Waals surface area contributed by atoms with Crippen LogP contribution in [0.25, 0.3) is 0 Å². The van der Waals surface area contributed by atoms with Crippen molar-refractivity contribution in [3.05, 3.63) is 0 Å². The molecule has 0 N–H and O–H groups in total. The zero-order chi connectivity index (χ0) is 19.3. The maximum atomic E-state index is 5.48. The van der Waals surface area contributed by atoms with Crippen LogP contribution < -0.4 is 0 Å². The van der Waals surface area contributed by atoms with E-state index in [1.807, 2.05) is 6.92 Å². The van der Waals surface area contributed by atoms with Gasteiger partial charge in [-0.25, -0.2) is 0 Å². The number of rotatable bonds is 16. The van der Waals surface area contributed by atoms with Crippen LogP contribution in [0.4, 0.5) is 0 Å². The number of methoxy groups -OCH3 is 2. The topological polar surface area (TPSA) is 18.5 Å². The van der Waals surface area contributed by atoms with E-state index in [2.05, 4.69) is 34.6 Å². The molecule has 0 saturated heterocycles. The second kappa shape index (κ2) is 14.0. The van der Waals surface area contributed by atoms with Crippen LogP contribution in [-0.4, -0.2) is 20.0 Å². The van der Waals surface area contributed by atoms with Crippen molar-refractivity contribution in [2.24, 2.45) is 23.7 Å². The van der Waals surface area contributed by atoms with E-state index in [0.29, 0.717) is 5.92 Å². The van der Waals surface area contributed by atoms with E-state index in [1.54, 1.807) is 14.2 Å². The molecule has 0 saturated carbocycles. The third-order valence-electron chi connectivity index (χ3n) is 5.85. The van der Waals surface area contributed by atoms with E-state index in [4.69, 9.17) is 9.47 Å². The number of hydrogen-bond donors (Lipinski definition) is 0. The molecule has 0 aliphatic heterocycles. The molecule has 0 radical (unpaired) electrons. The third kappa shape index (κ3) is 13.7. The largest absolute Gasteiger partial charge is 0.353 e. The molecule has 0 spiro atoms. The van der Waals surface area contributed by atoms with Gasteiger partial charge in [0.1, 0.15) is 0 Å². The molecule has 3 atom stereocenters. The summed E-state index contributed by atoms with van der Waals surface area (Å²) in [7, 11) is 3.48. The lowest BCUT2D eigenvalue weighted by atomic mass is 9.90. The minimum atomic E-state index is -0.420. The smallest absolute Gasteiger partial charge is 0.165 e. The lowest BCUT2D eigenvalue weighted by Crippen LogP contribution is -2.31. The Hall–Kier alpha value is -0.0800. The van der Waals surface area contributed by atoms with Crippen molar-refractivity contribution >= 4 is 0 Å². The van der Waals surface area contributed by atoms with E-state index in [1.165, 1.54) is 57.8 Å². The predicted octanol–water partition coefficient (Wildman–Crippen LogP) is 7.46. The van der Waals surface area contributed by atoms with Crippen molar-refractivity contribution in [3.8, 4) is 0 Å². The van der Waals surface area contributed by atoms with Gasteiger partial charge >= 0.3 is 0 Å². The summed E-state index contributed by atoms with van der Waals surface area (Å²) in [6.45, 7) is 13.9. The minimum absolute atomic E-state index is 0.420. The summed E-state index contributed by atoms with van der Waals surface area (Å²) in [5, 5.41) is 0. The van der Waals surface area contributed by atoms with Gasteiger partial charge in [0.25, 0.3) is 0 Å². The molecular weight excluding hydrogens is 308 g/mol. The van der Waals surface area contributed by atoms with Crippen LogP contribution in [0.5, 0.6) is 0 Å². The van der Waals surface area contributed by atoms with Crippen molar-refractivity contribution < 1.29 is 9.47 Å². The molecule has 152 valence electrons. The monoisotopic (exact) mass is 356 g/mol. The Morgan fingerprint density at radius 1 is 0.600 bits per heavy atom. The van der Waals surface area contributed by atoms with E-state index < -0.39 is 5.79 Å². The van der Waals surface area contributed by atoms with Gasteiger partial charge < -0.3 is 9.47 Å². The summed E-state index contributed by atoms with van der Waals surface area (Å²) in [5.41, 5.74) is 0. The Kier molecular flexibility index (Phi) is 14.0. The van der Waals surface area contributed by atoms with Gasteiger partial charge in [0.05, 0.1) is 0 Å². The Balaban J connectivity index is 3.71. The van der Waals surface area contributed by atoms with Crippen molar-refractivity contribution in [2.75, 3.05) is 14.2 Å². The highest BCUT2D eigenvalue weighted by Crippen LogP contribution is 2.26. The Labute approximate surface area is 159 Å². The molecule has 0 aromatic rings. The second-order valence-corrected chi connectivity index (χ2v) is 9.25. The lowest BCUT2D eigenvalue weighted by Gasteiger charge is -2.29. The molecule has 0 aromatic carbocycles. The lowest BCUT2D eigenvalue weighted by molar-refractivity contribution is -0.203. The van der Waals surface area contributed by atoms with Crippen molar-refractivity contribution in [2.45, 2.75) is 112 Å². The first-order valence-electron chi connectivity index (χ1n) is 10.8. The van der Waals surface area contributed by atoms with Gasteiger partial charge in [0.2, 0.25) is 0 Å². The highest BCUT2D eigenvalue weighted by molar-refractivity contribution is 4.68. The van der Waals surface area contributed by atoms with Gasteiger partial charge in [-0.2, -0.15) is 0 Å². The average Bonchev–Trinajstić information content (AvgIpc) is 2.54. The van der Waals surface area contributed by atoms with Crippen LogP contribution in [0, 0.1) is 23.7 Å². The number of ether oxygens (including phenoxy) is 2. The fourth-order valence-electron chi connectivity index (χ4n) is 3.78. The quantitative estimate of drug-likeness (QED) is 0.267. The molecule has 0 aliphatic carbocycles. The fourth-order valence-corrected chi connectivity index (χ4v) is 3.78. The summed E-state index contributed by atoms with van der Waals surface area (Å²) >= 11 is 0. The molecule has 25 heavy (non-hydrogen) atoms. The first kappa shape index (κ1) is 24.9. The highest BCUT2D eigenvalue weighted by Gasteiger charge is 2.25. The van der Waals surface area contributed by atoms with Gasteiger partial charge in [-0.15, -0.1) is 0 Å². The predicted molar refractivity (Wildman–Crippen MR) is 111 cm³/mol. The molecule has 2 heteroatoms. The molecule has 0 aliphatic rings. The molecule has 0 aromatic heterocycles. The second-order valence-electron chi connectivity index (χ2n) is 9.25. The SMILES string of the molecule is COC(C)(CC(C)CCCC(C)CCCC(C)CCCC(C)C)OC. The molecule has 0 heterocycles. The fraction of sp³-hybridized carbons (Fsp3) is 1.00. The van der Waals surface area contributed by atoms with Gasteiger partial charge in [-0.1, -0.05) is 92.4 Å². The Bertz CT molecular complexity index is 296. The van der Waals surface area contributed by atoms with Crippen molar-refractivity contribution in [1.29, 1.82) is 0 Å². The van der Waals surface area contributed by atoms with Crippen LogP contribution in [0.15, 0.2) is 0 Å². The molecular formula is C23H48O2. The third-order valence-corrected chi connectivity index (χ3v) is 5.85. The molecule has 0 amide bonds. The standard InChI is InChI=1S/C23H48O2/c1-19(2)12-9-13-20(3)14-10-15-21(4)16-11-17-22(5)18-23(6,24-7)25-8/h19-22H,9-18H2,1-8H3. The zero-order valence-electron chi connectivity index (χ0n) is 18.7. The average molecular weight is 357 g/mol. The van der Waals surface area contributed by atoms with Crippen LogP contribution in [0.2, 0.25) is 0 Å². The van der Waals surface area contributed by atoms with Crippen LogP contribution in [0.1, 0.15) is 106 Å². The van der Waals surface area contributed by atoms with Crippen molar-refractivity contribution in [3.63, 3.8) is 0 Å². The van der Waals surface area contributed by atoms with Crippen molar-refractivity contribution in [1.82, 2.24) is 0 Å².